The summed E-state index contributed by atoms with van der Waals surface area (Å²) in [5.41, 5.74) is 3.62. The molecule has 0 unspecified atom stereocenters. The number of anilines is 1. The van der Waals surface area contributed by atoms with Crippen molar-refractivity contribution in [3.05, 3.63) is 35.7 Å². The number of benzene rings is 1. The fourth-order valence-electron chi connectivity index (χ4n) is 2.46. The normalized spacial score (nSPS) is 13.4. The van der Waals surface area contributed by atoms with Crippen molar-refractivity contribution in [2.45, 2.75) is 18.2 Å². The molecule has 2 heterocycles. The van der Waals surface area contributed by atoms with E-state index in [9.17, 15) is 0 Å². The molecule has 0 N–H and O–H groups in total. The van der Waals surface area contributed by atoms with Crippen molar-refractivity contribution in [1.82, 2.24) is 9.97 Å². The maximum atomic E-state index is 4.71. The zero-order chi connectivity index (χ0) is 13.4. The number of hydrogen-bond donors (Lipinski definition) is 0. The third-order valence-electron chi connectivity index (χ3n) is 3.27. The molecule has 0 atom stereocenters. The van der Waals surface area contributed by atoms with Crippen LogP contribution in [-0.4, -0.2) is 29.8 Å². The van der Waals surface area contributed by atoms with Crippen LogP contribution in [0.15, 0.2) is 29.2 Å². The van der Waals surface area contributed by atoms with Crippen LogP contribution in [0, 0.1) is 6.92 Å². The Balaban J connectivity index is 2.30. The summed E-state index contributed by atoms with van der Waals surface area (Å²) >= 11 is 1.91. The third kappa shape index (κ3) is 2.21. The van der Waals surface area contributed by atoms with E-state index < -0.39 is 0 Å². The first kappa shape index (κ1) is 12.5. The summed E-state index contributed by atoms with van der Waals surface area (Å²) in [6.07, 6.45) is 1.02. The first-order chi connectivity index (χ1) is 9.16. The highest BCUT2D eigenvalue weighted by molar-refractivity contribution is 7.99. The largest absolute Gasteiger partial charge is 0.362 e. The van der Waals surface area contributed by atoms with E-state index in [0.29, 0.717) is 0 Å². The van der Waals surface area contributed by atoms with Gasteiger partial charge in [0.1, 0.15) is 11.6 Å². The molecular formula is C15H17N3S. The van der Waals surface area contributed by atoms with Gasteiger partial charge in [-0.15, -0.1) is 11.8 Å². The molecule has 0 saturated heterocycles. The van der Waals surface area contributed by atoms with E-state index >= 15 is 0 Å². The summed E-state index contributed by atoms with van der Waals surface area (Å²) in [4.78, 5) is 12.7. The third-order valence-corrected chi connectivity index (χ3v) is 4.35. The SMILES string of the molecule is Cc1nc2c(c(N(C)C)n1)CCSc1ccccc1-2. The molecule has 0 spiro atoms. The first-order valence-electron chi connectivity index (χ1n) is 6.44. The highest BCUT2D eigenvalue weighted by Gasteiger charge is 2.21. The van der Waals surface area contributed by atoms with Crippen molar-refractivity contribution in [2.75, 3.05) is 24.7 Å². The molecule has 3 nitrogen and oxygen atoms in total. The number of rotatable bonds is 1. The molecule has 1 aliphatic rings. The Morgan fingerprint density at radius 2 is 1.95 bits per heavy atom. The van der Waals surface area contributed by atoms with Gasteiger partial charge in [0.25, 0.3) is 0 Å². The van der Waals surface area contributed by atoms with Crippen LogP contribution in [0.2, 0.25) is 0 Å². The van der Waals surface area contributed by atoms with Crippen LogP contribution in [0.4, 0.5) is 5.82 Å². The second-order valence-electron chi connectivity index (χ2n) is 4.91. The van der Waals surface area contributed by atoms with E-state index in [1.54, 1.807) is 0 Å². The smallest absolute Gasteiger partial charge is 0.135 e. The maximum Gasteiger partial charge on any atom is 0.135 e. The van der Waals surface area contributed by atoms with Crippen LogP contribution in [0.1, 0.15) is 11.4 Å². The quantitative estimate of drug-likeness (QED) is 0.796. The van der Waals surface area contributed by atoms with Crippen molar-refractivity contribution in [1.29, 1.82) is 0 Å². The number of aryl methyl sites for hydroxylation is 1. The molecule has 4 heteroatoms. The molecule has 19 heavy (non-hydrogen) atoms. The molecule has 0 aliphatic carbocycles. The molecular weight excluding hydrogens is 254 g/mol. The van der Waals surface area contributed by atoms with Crippen molar-refractivity contribution in [3.63, 3.8) is 0 Å². The van der Waals surface area contributed by atoms with Gasteiger partial charge in [-0.05, 0) is 19.4 Å². The van der Waals surface area contributed by atoms with E-state index in [1.165, 1.54) is 16.0 Å². The molecule has 0 bridgehead atoms. The van der Waals surface area contributed by atoms with Crippen LogP contribution in [0.5, 0.6) is 0 Å². The fraction of sp³-hybridized carbons (Fsp3) is 0.333. The Hall–Kier alpha value is -1.55. The lowest BCUT2D eigenvalue weighted by Crippen LogP contribution is -2.16. The minimum atomic E-state index is 0.837. The number of aromatic nitrogens is 2. The monoisotopic (exact) mass is 271 g/mol. The van der Waals surface area contributed by atoms with Gasteiger partial charge in [-0.1, -0.05) is 18.2 Å². The Bertz CT molecular complexity index is 623. The average molecular weight is 271 g/mol. The molecule has 1 aliphatic heterocycles. The highest BCUT2D eigenvalue weighted by atomic mass is 32.2. The van der Waals surface area contributed by atoms with Crippen LogP contribution < -0.4 is 4.90 Å². The summed E-state index contributed by atoms with van der Waals surface area (Å²) in [5, 5.41) is 0. The minimum absolute atomic E-state index is 0.837. The Morgan fingerprint density at radius 1 is 1.16 bits per heavy atom. The van der Waals surface area contributed by atoms with Crippen molar-refractivity contribution in [2.24, 2.45) is 0 Å². The zero-order valence-electron chi connectivity index (χ0n) is 11.5. The van der Waals surface area contributed by atoms with E-state index in [-0.39, 0.29) is 0 Å². The van der Waals surface area contributed by atoms with E-state index in [0.717, 1.165) is 29.5 Å². The lowest BCUT2D eigenvalue weighted by molar-refractivity contribution is 0.948. The van der Waals surface area contributed by atoms with Crippen molar-refractivity contribution in [3.8, 4) is 11.3 Å². The topological polar surface area (TPSA) is 29.0 Å². The predicted molar refractivity (Wildman–Crippen MR) is 81.0 cm³/mol. The molecule has 0 saturated carbocycles. The predicted octanol–water partition coefficient (Wildman–Crippen LogP) is 3.17. The van der Waals surface area contributed by atoms with Gasteiger partial charge >= 0.3 is 0 Å². The van der Waals surface area contributed by atoms with Gasteiger partial charge in [0.15, 0.2) is 0 Å². The minimum Gasteiger partial charge on any atom is -0.362 e. The molecule has 0 amide bonds. The van der Waals surface area contributed by atoms with Crippen molar-refractivity contribution < 1.29 is 0 Å². The van der Waals surface area contributed by atoms with E-state index in [4.69, 9.17) is 4.98 Å². The van der Waals surface area contributed by atoms with Gasteiger partial charge in [0.05, 0.1) is 5.69 Å². The molecule has 3 rings (SSSR count). The van der Waals surface area contributed by atoms with Crippen LogP contribution in [0.3, 0.4) is 0 Å². The summed E-state index contributed by atoms with van der Waals surface area (Å²) in [5.74, 6) is 2.97. The lowest BCUT2D eigenvalue weighted by atomic mass is 10.0. The molecule has 98 valence electrons. The molecule has 0 radical (unpaired) electrons. The first-order valence-corrected chi connectivity index (χ1v) is 7.42. The number of fused-ring (bicyclic) bond motifs is 3. The molecule has 0 fully saturated rings. The molecule has 2 aromatic rings. The summed E-state index contributed by atoms with van der Waals surface area (Å²) < 4.78 is 0. The standard InChI is InChI=1S/C15H17N3S/c1-10-16-14-11-6-4-5-7-13(11)19-9-8-12(14)15(17-10)18(2)3/h4-7H,8-9H2,1-3H3. The maximum absolute atomic E-state index is 4.71. The number of hydrogen-bond acceptors (Lipinski definition) is 4. The van der Waals surface area contributed by atoms with Crippen molar-refractivity contribution >= 4 is 17.6 Å². The second-order valence-corrected chi connectivity index (χ2v) is 6.05. The zero-order valence-corrected chi connectivity index (χ0v) is 12.3. The van der Waals surface area contributed by atoms with Crippen LogP contribution in [-0.2, 0) is 6.42 Å². The fourth-order valence-corrected chi connectivity index (χ4v) is 3.48. The Kier molecular flexibility index (Phi) is 3.19. The highest BCUT2D eigenvalue weighted by Crippen LogP contribution is 2.38. The van der Waals surface area contributed by atoms with Crippen LogP contribution >= 0.6 is 11.8 Å². The average Bonchev–Trinajstić information content (AvgIpc) is 2.57. The summed E-state index contributed by atoms with van der Waals surface area (Å²) in [7, 11) is 4.10. The second kappa shape index (κ2) is 4.85. The van der Waals surface area contributed by atoms with Gasteiger partial charge in [0, 0.05) is 35.9 Å². The lowest BCUT2D eigenvalue weighted by Gasteiger charge is -2.18. The molecule has 1 aromatic heterocycles. The summed E-state index contributed by atoms with van der Waals surface area (Å²) in [6, 6.07) is 8.53. The number of nitrogens with zero attached hydrogens (tertiary/aromatic N) is 3. The van der Waals surface area contributed by atoms with Gasteiger partial charge in [-0.25, -0.2) is 9.97 Å². The van der Waals surface area contributed by atoms with Gasteiger partial charge < -0.3 is 4.90 Å². The Morgan fingerprint density at radius 3 is 2.74 bits per heavy atom. The van der Waals surface area contributed by atoms with Crippen LogP contribution in [0.25, 0.3) is 11.3 Å². The van der Waals surface area contributed by atoms with Gasteiger partial charge in [0.2, 0.25) is 0 Å². The molecule has 1 aromatic carbocycles. The van der Waals surface area contributed by atoms with Gasteiger partial charge in [-0.3, -0.25) is 0 Å². The Labute approximate surface area is 118 Å². The van der Waals surface area contributed by atoms with E-state index in [1.807, 2.05) is 32.8 Å². The number of thioether (sulfide) groups is 1. The van der Waals surface area contributed by atoms with Gasteiger partial charge in [-0.2, -0.15) is 0 Å². The summed E-state index contributed by atoms with van der Waals surface area (Å²) in [6.45, 7) is 1.97. The van der Waals surface area contributed by atoms with E-state index in [2.05, 4.69) is 34.1 Å².